The molecule has 3 heteroatoms. The van der Waals surface area contributed by atoms with E-state index < -0.39 is 0 Å². The van der Waals surface area contributed by atoms with E-state index >= 15 is 0 Å². The molecule has 2 N–H and O–H groups in total. The summed E-state index contributed by atoms with van der Waals surface area (Å²) in [7, 11) is 0. The zero-order chi connectivity index (χ0) is 13.7. The third-order valence-corrected chi connectivity index (χ3v) is 3.90. The quantitative estimate of drug-likeness (QED) is 0.886. The molecule has 0 saturated carbocycles. The van der Waals surface area contributed by atoms with Crippen LogP contribution in [0, 0.1) is 6.92 Å². The minimum absolute atomic E-state index is 0.115. The van der Waals surface area contributed by atoms with E-state index in [1.807, 2.05) is 0 Å². The van der Waals surface area contributed by atoms with Crippen LogP contribution < -0.4 is 5.73 Å². The van der Waals surface area contributed by atoms with E-state index in [0.717, 1.165) is 39.1 Å². The third kappa shape index (κ3) is 4.30. The molecular formula is C16H26N2O. The number of aryl methyl sites for hydroxylation is 1. The molecule has 0 spiro atoms. The molecule has 1 unspecified atom stereocenters. The summed E-state index contributed by atoms with van der Waals surface area (Å²) >= 11 is 0. The van der Waals surface area contributed by atoms with Crippen LogP contribution in [-0.2, 0) is 4.74 Å². The highest BCUT2D eigenvalue weighted by Gasteiger charge is 2.20. The van der Waals surface area contributed by atoms with Crippen molar-refractivity contribution < 1.29 is 4.74 Å². The first-order chi connectivity index (χ1) is 9.19. The van der Waals surface area contributed by atoms with Crippen LogP contribution >= 0.6 is 0 Å². The molecule has 1 heterocycles. The highest BCUT2D eigenvalue weighted by molar-refractivity contribution is 5.24. The SMILES string of the molecule is CCOC1CCN(CC(N)c2ccc(C)cc2)CC1. The van der Waals surface area contributed by atoms with Crippen molar-refractivity contribution in [2.24, 2.45) is 5.73 Å². The number of ether oxygens (including phenoxy) is 1. The summed E-state index contributed by atoms with van der Waals surface area (Å²) in [5.41, 5.74) is 8.82. The Morgan fingerprint density at radius 2 is 1.89 bits per heavy atom. The van der Waals surface area contributed by atoms with Crippen LogP contribution in [0.2, 0.25) is 0 Å². The lowest BCUT2D eigenvalue weighted by molar-refractivity contribution is 0.0131. The number of hydrogen-bond donors (Lipinski definition) is 1. The van der Waals surface area contributed by atoms with Gasteiger partial charge < -0.3 is 15.4 Å². The van der Waals surface area contributed by atoms with Gasteiger partial charge in [-0.25, -0.2) is 0 Å². The summed E-state index contributed by atoms with van der Waals surface area (Å²) in [6.07, 6.45) is 2.72. The molecule has 19 heavy (non-hydrogen) atoms. The normalized spacial score (nSPS) is 19.5. The Balaban J connectivity index is 1.80. The van der Waals surface area contributed by atoms with Gasteiger partial charge in [0.05, 0.1) is 6.10 Å². The number of nitrogens with zero attached hydrogens (tertiary/aromatic N) is 1. The van der Waals surface area contributed by atoms with Crippen LogP contribution in [0.25, 0.3) is 0 Å². The van der Waals surface area contributed by atoms with Gasteiger partial charge in [-0.1, -0.05) is 29.8 Å². The molecule has 0 aliphatic carbocycles. The summed E-state index contributed by atoms with van der Waals surface area (Å²) in [6, 6.07) is 8.68. The summed E-state index contributed by atoms with van der Waals surface area (Å²) in [4.78, 5) is 2.46. The molecule has 1 aromatic carbocycles. The first-order valence-corrected chi connectivity index (χ1v) is 7.35. The van der Waals surface area contributed by atoms with E-state index in [-0.39, 0.29) is 6.04 Å². The Labute approximate surface area is 116 Å². The van der Waals surface area contributed by atoms with Crippen molar-refractivity contribution >= 4 is 0 Å². The fourth-order valence-corrected chi connectivity index (χ4v) is 2.69. The molecule has 106 valence electrons. The van der Waals surface area contributed by atoms with Crippen LogP contribution in [0.1, 0.15) is 36.9 Å². The van der Waals surface area contributed by atoms with E-state index in [1.54, 1.807) is 0 Å². The van der Waals surface area contributed by atoms with Gasteiger partial charge in [-0.2, -0.15) is 0 Å². The standard InChI is InChI=1S/C16H26N2O/c1-3-19-15-8-10-18(11-9-15)12-16(17)14-6-4-13(2)5-7-14/h4-7,15-16H,3,8-12,17H2,1-2H3. The number of rotatable bonds is 5. The monoisotopic (exact) mass is 262 g/mol. The number of hydrogen-bond acceptors (Lipinski definition) is 3. The van der Waals surface area contributed by atoms with Crippen LogP contribution in [0.5, 0.6) is 0 Å². The van der Waals surface area contributed by atoms with Gasteiger partial charge in [0.25, 0.3) is 0 Å². The lowest BCUT2D eigenvalue weighted by Gasteiger charge is -2.33. The Morgan fingerprint density at radius 1 is 1.26 bits per heavy atom. The van der Waals surface area contributed by atoms with E-state index in [9.17, 15) is 0 Å². The Kier molecular flexibility index (Phi) is 5.37. The number of piperidine rings is 1. The molecule has 2 rings (SSSR count). The molecule has 1 aromatic rings. The van der Waals surface area contributed by atoms with Crippen molar-refractivity contribution in [3.63, 3.8) is 0 Å². The zero-order valence-corrected chi connectivity index (χ0v) is 12.1. The van der Waals surface area contributed by atoms with E-state index in [4.69, 9.17) is 10.5 Å². The van der Waals surface area contributed by atoms with Crippen LogP contribution in [0.15, 0.2) is 24.3 Å². The minimum Gasteiger partial charge on any atom is -0.378 e. The molecule has 1 atom stereocenters. The molecule has 0 bridgehead atoms. The molecule has 1 fully saturated rings. The summed E-state index contributed by atoms with van der Waals surface area (Å²) in [5, 5.41) is 0. The molecule has 0 radical (unpaired) electrons. The van der Waals surface area contributed by atoms with E-state index in [0.29, 0.717) is 6.10 Å². The van der Waals surface area contributed by atoms with E-state index in [2.05, 4.69) is 43.0 Å². The topological polar surface area (TPSA) is 38.5 Å². The van der Waals surface area contributed by atoms with Crippen LogP contribution in [0.4, 0.5) is 0 Å². The van der Waals surface area contributed by atoms with Gasteiger partial charge in [-0.05, 0) is 32.3 Å². The second-order valence-electron chi connectivity index (χ2n) is 5.47. The smallest absolute Gasteiger partial charge is 0.0599 e. The van der Waals surface area contributed by atoms with Gasteiger partial charge in [-0.15, -0.1) is 0 Å². The third-order valence-electron chi connectivity index (χ3n) is 3.90. The van der Waals surface area contributed by atoms with Gasteiger partial charge >= 0.3 is 0 Å². The summed E-state index contributed by atoms with van der Waals surface area (Å²) < 4.78 is 5.68. The fourth-order valence-electron chi connectivity index (χ4n) is 2.69. The predicted octanol–water partition coefficient (Wildman–Crippen LogP) is 2.50. The highest BCUT2D eigenvalue weighted by Crippen LogP contribution is 2.18. The average molecular weight is 262 g/mol. The van der Waals surface area contributed by atoms with E-state index in [1.165, 1.54) is 11.1 Å². The van der Waals surface area contributed by atoms with Gasteiger partial charge in [0.2, 0.25) is 0 Å². The summed E-state index contributed by atoms with van der Waals surface area (Å²) in [5.74, 6) is 0. The second-order valence-corrected chi connectivity index (χ2v) is 5.47. The first kappa shape index (κ1) is 14.5. The summed E-state index contributed by atoms with van der Waals surface area (Å²) in [6.45, 7) is 8.15. The van der Waals surface area contributed by atoms with Gasteiger partial charge in [0, 0.05) is 32.3 Å². The lowest BCUT2D eigenvalue weighted by atomic mass is 10.0. The number of likely N-dealkylation sites (tertiary alicyclic amines) is 1. The zero-order valence-electron chi connectivity index (χ0n) is 12.1. The maximum Gasteiger partial charge on any atom is 0.0599 e. The van der Waals surface area contributed by atoms with Crippen molar-refractivity contribution in [1.29, 1.82) is 0 Å². The van der Waals surface area contributed by atoms with Crippen molar-refractivity contribution in [3.05, 3.63) is 35.4 Å². The minimum atomic E-state index is 0.115. The Morgan fingerprint density at radius 3 is 2.47 bits per heavy atom. The van der Waals surface area contributed by atoms with Crippen molar-refractivity contribution in [3.8, 4) is 0 Å². The average Bonchev–Trinajstić information content (AvgIpc) is 2.42. The van der Waals surface area contributed by atoms with Crippen molar-refractivity contribution in [2.45, 2.75) is 38.8 Å². The molecule has 1 aliphatic rings. The maximum atomic E-state index is 6.30. The van der Waals surface area contributed by atoms with Gasteiger partial charge in [0.15, 0.2) is 0 Å². The molecule has 1 saturated heterocycles. The fraction of sp³-hybridized carbons (Fsp3) is 0.625. The highest BCUT2D eigenvalue weighted by atomic mass is 16.5. The van der Waals surface area contributed by atoms with Gasteiger partial charge in [-0.3, -0.25) is 0 Å². The first-order valence-electron chi connectivity index (χ1n) is 7.35. The molecular weight excluding hydrogens is 236 g/mol. The van der Waals surface area contributed by atoms with Crippen LogP contribution in [-0.4, -0.2) is 37.2 Å². The predicted molar refractivity (Wildman–Crippen MR) is 79.2 cm³/mol. The largest absolute Gasteiger partial charge is 0.378 e. The van der Waals surface area contributed by atoms with Crippen molar-refractivity contribution in [2.75, 3.05) is 26.2 Å². The molecule has 0 aromatic heterocycles. The molecule has 0 amide bonds. The molecule has 1 aliphatic heterocycles. The Hall–Kier alpha value is -0.900. The number of benzene rings is 1. The number of nitrogens with two attached hydrogens (primary N) is 1. The lowest BCUT2D eigenvalue weighted by Crippen LogP contribution is -2.40. The Bertz CT molecular complexity index is 369. The van der Waals surface area contributed by atoms with Crippen LogP contribution in [0.3, 0.4) is 0 Å². The maximum absolute atomic E-state index is 6.30. The van der Waals surface area contributed by atoms with Crippen molar-refractivity contribution in [1.82, 2.24) is 4.90 Å². The molecule has 3 nitrogen and oxygen atoms in total. The van der Waals surface area contributed by atoms with Gasteiger partial charge in [0.1, 0.15) is 0 Å². The second kappa shape index (κ2) is 7.04.